The third-order valence-corrected chi connectivity index (χ3v) is 0.623. The topological polar surface area (TPSA) is 57.5 Å². The maximum atomic E-state index is 9.44. The highest BCUT2D eigenvalue weighted by Crippen LogP contribution is 1.85. The Labute approximate surface area is 69.1 Å². The first-order valence-electron chi connectivity index (χ1n) is 3.23. The van der Waals surface area contributed by atoms with Crippen molar-refractivity contribution < 1.29 is 15.0 Å². The highest BCUT2D eigenvalue weighted by Gasteiger charge is 1.91. The van der Waals surface area contributed by atoms with Gasteiger partial charge in [-0.1, -0.05) is 14.4 Å². The van der Waals surface area contributed by atoms with Gasteiger partial charge in [-0.3, -0.25) is 0 Å². The van der Waals surface area contributed by atoms with Crippen LogP contribution >= 0.6 is 0 Å². The average Bonchev–Trinajstić information content (AvgIpc) is 1.85. The summed E-state index contributed by atoms with van der Waals surface area (Å²) in [5.74, 6) is 0.213. The number of hydrogen-bond donors (Lipinski definition) is 2. The number of aliphatic hydroxyl groups excluding tert-OH is 2. The Hall–Kier alpha value is -0.410. The van der Waals surface area contributed by atoms with Crippen molar-refractivity contribution in [3.8, 4) is 0 Å². The van der Waals surface area contributed by atoms with Gasteiger partial charge in [0.1, 0.15) is 5.78 Å². The second-order valence-corrected chi connectivity index (χ2v) is 2.38. The van der Waals surface area contributed by atoms with Gasteiger partial charge in [0.25, 0.3) is 0 Å². The van der Waals surface area contributed by atoms with Crippen molar-refractivity contribution in [1.82, 2.24) is 0 Å². The van der Waals surface area contributed by atoms with Crippen LogP contribution in [0.1, 0.15) is 28.2 Å². The average molecular weight is 164 g/mol. The molecule has 0 aliphatic carbocycles. The number of ketones is 1. The minimum absolute atomic E-state index is 0. The molecule has 2 N–H and O–H groups in total. The number of aliphatic hydroxyl groups is 2. The normalized spacial score (nSPS) is 7.82. The van der Waals surface area contributed by atoms with E-state index in [0.717, 1.165) is 0 Å². The zero-order chi connectivity index (χ0) is 8.57. The lowest BCUT2D eigenvalue weighted by molar-refractivity contribution is -0.114. The van der Waals surface area contributed by atoms with E-state index in [2.05, 4.69) is 0 Å². The van der Waals surface area contributed by atoms with Crippen LogP contribution < -0.4 is 0 Å². The minimum atomic E-state index is 0. The zero-order valence-corrected chi connectivity index (χ0v) is 6.79. The summed E-state index contributed by atoms with van der Waals surface area (Å²) >= 11 is 0. The molecule has 0 spiro atoms. The molecule has 0 atom stereocenters. The van der Waals surface area contributed by atoms with E-state index in [9.17, 15) is 4.79 Å². The molecule has 70 valence electrons. The molecule has 0 saturated heterocycles. The molecular formula is C8H20O3. The van der Waals surface area contributed by atoms with Crippen LogP contribution in [0.25, 0.3) is 0 Å². The summed E-state index contributed by atoms with van der Waals surface area (Å²) in [4.78, 5) is 9.44. The van der Waals surface area contributed by atoms with Crippen LogP contribution in [0.4, 0.5) is 0 Å². The molecule has 0 aromatic carbocycles. The third-order valence-electron chi connectivity index (χ3n) is 0.623. The molecule has 0 fully saturated rings. The molecule has 0 radical (unpaired) electrons. The summed E-state index contributed by atoms with van der Waals surface area (Å²) in [6, 6.07) is 0. The summed E-state index contributed by atoms with van der Waals surface area (Å²) in [5.41, 5.74) is 0. The lowest BCUT2D eigenvalue weighted by atomic mass is 10.2. The Morgan fingerprint density at radius 3 is 1.45 bits per heavy atom. The second kappa shape index (κ2) is 12.3. The van der Waals surface area contributed by atoms with Gasteiger partial charge in [-0.05, 0) is 13.8 Å². The molecule has 0 aliphatic heterocycles. The number of rotatable bonds is 2. The van der Waals surface area contributed by atoms with Gasteiger partial charge in [-0.25, -0.2) is 0 Å². The standard InChI is InChI=1S/C4H10O2.C3H6O.CH4/c1-4(2-5)3-6;1-3(2)4;/h4-6H,2-3H2,1H3;1-2H3;1H4. The summed E-state index contributed by atoms with van der Waals surface area (Å²) in [6.07, 6.45) is 0. The smallest absolute Gasteiger partial charge is 0.126 e. The van der Waals surface area contributed by atoms with Crippen LogP contribution in [0.15, 0.2) is 0 Å². The van der Waals surface area contributed by atoms with Gasteiger partial charge in [0.15, 0.2) is 0 Å². The Morgan fingerprint density at radius 2 is 1.45 bits per heavy atom. The predicted octanol–water partition coefficient (Wildman–Crippen LogP) is 0.839. The van der Waals surface area contributed by atoms with E-state index >= 15 is 0 Å². The number of carbonyl (C=O) groups is 1. The predicted molar refractivity (Wildman–Crippen MR) is 46.4 cm³/mol. The van der Waals surface area contributed by atoms with Gasteiger partial charge in [0.05, 0.1) is 0 Å². The van der Waals surface area contributed by atoms with Gasteiger partial charge in [0.2, 0.25) is 0 Å². The van der Waals surface area contributed by atoms with E-state index in [1.54, 1.807) is 6.92 Å². The van der Waals surface area contributed by atoms with E-state index in [4.69, 9.17) is 10.2 Å². The van der Waals surface area contributed by atoms with Crippen LogP contribution in [-0.2, 0) is 4.79 Å². The van der Waals surface area contributed by atoms with Crippen LogP contribution in [0.2, 0.25) is 0 Å². The molecule has 0 heterocycles. The van der Waals surface area contributed by atoms with E-state index in [1.807, 2.05) is 0 Å². The minimum Gasteiger partial charge on any atom is -0.396 e. The first kappa shape index (κ1) is 16.9. The van der Waals surface area contributed by atoms with Crippen molar-refractivity contribution in [2.24, 2.45) is 5.92 Å². The van der Waals surface area contributed by atoms with Crippen molar-refractivity contribution in [2.75, 3.05) is 13.2 Å². The van der Waals surface area contributed by atoms with Gasteiger partial charge >= 0.3 is 0 Å². The van der Waals surface area contributed by atoms with E-state index in [1.165, 1.54) is 13.8 Å². The fourth-order valence-electron chi connectivity index (χ4n) is 0.0577. The summed E-state index contributed by atoms with van der Waals surface area (Å²) in [6.45, 7) is 4.99. The molecule has 0 unspecified atom stereocenters. The highest BCUT2D eigenvalue weighted by atomic mass is 16.3. The molecule has 0 saturated carbocycles. The molecule has 3 nitrogen and oxygen atoms in total. The van der Waals surface area contributed by atoms with Gasteiger partial charge in [-0.2, -0.15) is 0 Å². The van der Waals surface area contributed by atoms with Crippen LogP contribution in [0, 0.1) is 5.92 Å². The zero-order valence-electron chi connectivity index (χ0n) is 6.79. The molecule has 0 aromatic heterocycles. The first-order chi connectivity index (χ1) is 4.54. The Kier molecular flexibility index (Phi) is 18.9. The monoisotopic (exact) mass is 164 g/mol. The van der Waals surface area contributed by atoms with Gasteiger partial charge in [0, 0.05) is 19.1 Å². The first-order valence-corrected chi connectivity index (χ1v) is 3.23. The Morgan fingerprint density at radius 1 is 1.27 bits per heavy atom. The maximum absolute atomic E-state index is 9.44. The quantitative estimate of drug-likeness (QED) is 0.635. The molecule has 11 heavy (non-hydrogen) atoms. The van der Waals surface area contributed by atoms with Gasteiger partial charge < -0.3 is 15.0 Å². The number of hydrogen-bond acceptors (Lipinski definition) is 3. The van der Waals surface area contributed by atoms with Crippen molar-refractivity contribution in [1.29, 1.82) is 0 Å². The molecule has 0 aliphatic rings. The maximum Gasteiger partial charge on any atom is 0.126 e. The molecular weight excluding hydrogens is 144 g/mol. The van der Waals surface area contributed by atoms with Crippen LogP contribution in [0.5, 0.6) is 0 Å². The molecule has 0 aromatic rings. The Balaban J connectivity index is -0.000000114. The molecule has 0 bridgehead atoms. The van der Waals surface area contributed by atoms with Crippen molar-refractivity contribution in [3.63, 3.8) is 0 Å². The van der Waals surface area contributed by atoms with E-state index in [-0.39, 0.29) is 32.3 Å². The fraction of sp³-hybridized carbons (Fsp3) is 0.875. The van der Waals surface area contributed by atoms with Crippen molar-refractivity contribution in [2.45, 2.75) is 28.2 Å². The van der Waals surface area contributed by atoms with Gasteiger partial charge in [-0.15, -0.1) is 0 Å². The largest absolute Gasteiger partial charge is 0.396 e. The molecule has 0 amide bonds. The molecule has 0 rings (SSSR count). The number of Topliss-reactive ketones (excluding diaryl/α,β-unsaturated/α-hetero) is 1. The molecule has 3 heteroatoms. The number of carbonyl (C=O) groups excluding carboxylic acids is 1. The summed E-state index contributed by atoms with van der Waals surface area (Å²) in [5, 5.41) is 16.3. The van der Waals surface area contributed by atoms with E-state index in [0.29, 0.717) is 0 Å². The summed E-state index contributed by atoms with van der Waals surface area (Å²) < 4.78 is 0. The third kappa shape index (κ3) is 42.9. The SMILES string of the molecule is C.CC(C)=O.CC(CO)CO. The van der Waals surface area contributed by atoms with E-state index < -0.39 is 0 Å². The second-order valence-electron chi connectivity index (χ2n) is 2.38. The lowest BCUT2D eigenvalue weighted by Crippen LogP contribution is -2.04. The van der Waals surface area contributed by atoms with Crippen molar-refractivity contribution >= 4 is 5.78 Å². The van der Waals surface area contributed by atoms with Crippen LogP contribution in [-0.4, -0.2) is 29.2 Å². The lowest BCUT2D eigenvalue weighted by Gasteiger charge is -1.97. The fourth-order valence-corrected chi connectivity index (χ4v) is 0.0577. The summed E-state index contributed by atoms with van der Waals surface area (Å²) in [7, 11) is 0. The van der Waals surface area contributed by atoms with Crippen molar-refractivity contribution in [3.05, 3.63) is 0 Å². The highest BCUT2D eigenvalue weighted by molar-refractivity contribution is 5.72. The van der Waals surface area contributed by atoms with Crippen LogP contribution in [0.3, 0.4) is 0 Å². The Bertz CT molecular complexity index is 73.4.